The van der Waals surface area contributed by atoms with Crippen LogP contribution in [0.25, 0.3) is 0 Å². The minimum atomic E-state index is -2.12. The maximum atomic E-state index is 12.9. The molecule has 0 aliphatic carbocycles. The molecule has 0 unspecified atom stereocenters. The first kappa shape index (κ1) is 29.5. The fraction of sp³-hybridized carbons (Fsp3) is 0.760. The van der Waals surface area contributed by atoms with Crippen molar-refractivity contribution < 1.29 is 28.3 Å². The largest absolute Gasteiger partial charge is 0.467 e. The summed E-state index contributed by atoms with van der Waals surface area (Å²) in [6, 6.07) is -0.706. The Hall–Kier alpha value is -2.02. The maximum absolute atomic E-state index is 12.9. The zero-order valence-electron chi connectivity index (χ0n) is 22.9. The van der Waals surface area contributed by atoms with Crippen LogP contribution in [0.4, 0.5) is 5.13 Å². The predicted molar refractivity (Wildman–Crippen MR) is 145 cm³/mol. The number of carbonyl (C=O) groups excluding carboxylic acids is 3. The Morgan fingerprint density at radius 1 is 1.19 bits per heavy atom. The molecule has 208 valence electrons. The third-order valence-corrected chi connectivity index (χ3v) is 13.0. The van der Waals surface area contributed by atoms with Crippen molar-refractivity contribution in [2.75, 3.05) is 44.9 Å². The van der Waals surface area contributed by atoms with Crippen LogP contribution in [0.1, 0.15) is 56.9 Å². The molecule has 2 saturated heterocycles. The Labute approximate surface area is 224 Å². The Bertz CT molecular complexity index is 936. The molecule has 2 aliphatic heterocycles. The highest BCUT2D eigenvalue weighted by molar-refractivity contribution is 7.13. The van der Waals surface area contributed by atoms with Crippen molar-refractivity contribution in [2.45, 2.75) is 76.7 Å². The summed E-state index contributed by atoms with van der Waals surface area (Å²) in [5, 5.41) is 8.31. The fourth-order valence-electron chi connectivity index (χ4n) is 4.06. The summed E-state index contributed by atoms with van der Waals surface area (Å²) in [4.78, 5) is 44.6. The van der Waals surface area contributed by atoms with Crippen LogP contribution < -0.4 is 15.5 Å². The third-order valence-electron chi connectivity index (χ3n) is 7.64. The Morgan fingerprint density at radius 3 is 2.43 bits per heavy atom. The third kappa shape index (κ3) is 7.98. The van der Waals surface area contributed by atoms with E-state index in [0.29, 0.717) is 26.3 Å². The van der Waals surface area contributed by atoms with Gasteiger partial charge in [0.15, 0.2) is 13.4 Å². The summed E-state index contributed by atoms with van der Waals surface area (Å²) >= 11 is 1.38. The highest BCUT2D eigenvalue weighted by atomic mass is 32.1. The van der Waals surface area contributed by atoms with Gasteiger partial charge in [0.2, 0.25) is 5.91 Å². The molecular formula is C25H42N4O6SSi. The highest BCUT2D eigenvalue weighted by Gasteiger charge is 2.39. The summed E-state index contributed by atoms with van der Waals surface area (Å²) in [5.74, 6) is -0.880. The van der Waals surface area contributed by atoms with E-state index in [1.54, 1.807) is 5.38 Å². The van der Waals surface area contributed by atoms with Gasteiger partial charge in [0.1, 0.15) is 11.7 Å². The number of hydrogen-bond acceptors (Lipinski definition) is 9. The van der Waals surface area contributed by atoms with Gasteiger partial charge in [-0.1, -0.05) is 20.8 Å². The van der Waals surface area contributed by atoms with Gasteiger partial charge in [-0.2, -0.15) is 0 Å². The minimum absolute atomic E-state index is 0.0106. The number of nitrogens with zero attached hydrogens (tertiary/aromatic N) is 2. The lowest BCUT2D eigenvalue weighted by atomic mass is 9.95. The van der Waals surface area contributed by atoms with Gasteiger partial charge in [-0.05, 0) is 43.8 Å². The van der Waals surface area contributed by atoms with E-state index >= 15 is 0 Å². The van der Waals surface area contributed by atoms with Gasteiger partial charge >= 0.3 is 5.97 Å². The fourth-order valence-corrected chi connectivity index (χ4v) is 5.93. The molecule has 0 aromatic carbocycles. The van der Waals surface area contributed by atoms with Crippen LogP contribution in [-0.2, 0) is 23.5 Å². The van der Waals surface area contributed by atoms with Gasteiger partial charge in [0.05, 0.1) is 13.7 Å². The summed E-state index contributed by atoms with van der Waals surface area (Å²) in [5.41, 5.74) is 0.251. The monoisotopic (exact) mass is 554 g/mol. The average molecular weight is 555 g/mol. The Balaban J connectivity index is 1.53. The smallest absolute Gasteiger partial charge is 0.330 e. The number of rotatable bonds is 9. The summed E-state index contributed by atoms with van der Waals surface area (Å²) in [7, 11) is -0.821. The van der Waals surface area contributed by atoms with Crippen molar-refractivity contribution in [1.29, 1.82) is 0 Å². The number of esters is 1. The summed E-state index contributed by atoms with van der Waals surface area (Å²) in [6.45, 7) is 13.4. The molecule has 12 heteroatoms. The number of carbonyl (C=O) groups is 3. The van der Waals surface area contributed by atoms with E-state index in [-0.39, 0.29) is 35.2 Å². The average Bonchev–Trinajstić information content (AvgIpc) is 3.36. The number of methoxy groups -OCH3 is 1. The second-order valence-corrected chi connectivity index (χ2v) is 16.9. The number of amides is 2. The second kappa shape index (κ2) is 12.7. The van der Waals surface area contributed by atoms with Crippen LogP contribution in [0.2, 0.25) is 18.1 Å². The van der Waals surface area contributed by atoms with Gasteiger partial charge in [0.25, 0.3) is 5.91 Å². The first-order valence-corrected chi connectivity index (χ1v) is 16.8. The quantitative estimate of drug-likeness (QED) is 0.353. The number of piperidine rings is 1. The van der Waals surface area contributed by atoms with E-state index in [0.717, 1.165) is 30.8 Å². The SMILES string of the molecule is COC(=O)[C@H](CO[Si](C)(C)C(C)(C)C)NC(=O)c1csc(N2CCC(C(=O)NC3CCOCC3)CC2)n1. The van der Waals surface area contributed by atoms with Gasteiger partial charge in [-0.15, -0.1) is 11.3 Å². The highest BCUT2D eigenvalue weighted by Crippen LogP contribution is 2.36. The van der Waals surface area contributed by atoms with E-state index in [4.69, 9.17) is 13.9 Å². The van der Waals surface area contributed by atoms with Crippen LogP contribution in [0.15, 0.2) is 5.38 Å². The molecule has 3 heterocycles. The van der Waals surface area contributed by atoms with Crippen LogP contribution in [0.5, 0.6) is 0 Å². The number of aromatic nitrogens is 1. The molecule has 3 rings (SSSR count). The number of hydrogen-bond donors (Lipinski definition) is 2. The first-order valence-electron chi connectivity index (χ1n) is 13.0. The number of ether oxygens (including phenoxy) is 2. The van der Waals surface area contributed by atoms with Crippen LogP contribution in [0.3, 0.4) is 0 Å². The molecule has 0 radical (unpaired) electrons. The zero-order valence-corrected chi connectivity index (χ0v) is 24.7. The molecule has 0 saturated carbocycles. The first-order chi connectivity index (χ1) is 17.4. The van der Waals surface area contributed by atoms with Crippen molar-refractivity contribution in [3.8, 4) is 0 Å². The summed E-state index contributed by atoms with van der Waals surface area (Å²) in [6.07, 6.45) is 3.22. The maximum Gasteiger partial charge on any atom is 0.330 e. The van der Waals surface area contributed by atoms with Crippen LogP contribution in [0, 0.1) is 5.92 Å². The van der Waals surface area contributed by atoms with E-state index in [2.05, 4.69) is 54.4 Å². The molecule has 2 N–H and O–H groups in total. The normalized spacial score (nSPS) is 18.8. The standard InChI is InChI=1S/C25H42N4O6SSi/c1-25(2,3)37(5,6)35-15-19(23(32)33-4)27-22(31)20-16-36-24(28-20)29-11-7-17(8-12-29)21(30)26-18-9-13-34-14-10-18/h16-19H,7-15H2,1-6H3,(H,26,30)(H,27,31)/t19-/m0/s1. The van der Waals surface area contributed by atoms with Crippen molar-refractivity contribution in [3.63, 3.8) is 0 Å². The predicted octanol–water partition coefficient (Wildman–Crippen LogP) is 2.95. The molecule has 0 spiro atoms. The minimum Gasteiger partial charge on any atom is -0.467 e. The lowest BCUT2D eigenvalue weighted by molar-refractivity contribution is -0.143. The molecule has 2 amide bonds. The summed E-state index contributed by atoms with van der Waals surface area (Å²) < 4.78 is 16.4. The Kier molecular flexibility index (Phi) is 10.1. The second-order valence-electron chi connectivity index (χ2n) is 11.3. The van der Waals surface area contributed by atoms with E-state index in [9.17, 15) is 14.4 Å². The molecule has 37 heavy (non-hydrogen) atoms. The lowest BCUT2D eigenvalue weighted by Gasteiger charge is -2.37. The zero-order chi connectivity index (χ0) is 27.2. The van der Waals surface area contributed by atoms with E-state index < -0.39 is 26.2 Å². The molecule has 2 fully saturated rings. The van der Waals surface area contributed by atoms with Crippen LogP contribution in [-0.4, -0.2) is 83.2 Å². The molecule has 1 atom stereocenters. The molecule has 1 aromatic heterocycles. The molecule has 10 nitrogen and oxygen atoms in total. The van der Waals surface area contributed by atoms with E-state index in [1.165, 1.54) is 18.4 Å². The van der Waals surface area contributed by atoms with Gasteiger partial charge in [0, 0.05) is 43.6 Å². The molecular weight excluding hydrogens is 512 g/mol. The van der Waals surface area contributed by atoms with Crippen molar-refractivity contribution >= 4 is 42.6 Å². The van der Waals surface area contributed by atoms with Gasteiger partial charge in [-0.3, -0.25) is 9.59 Å². The molecule has 2 aliphatic rings. The van der Waals surface area contributed by atoms with E-state index in [1.807, 2.05) is 0 Å². The van der Waals surface area contributed by atoms with Crippen LogP contribution >= 0.6 is 11.3 Å². The topological polar surface area (TPSA) is 119 Å². The molecule has 1 aromatic rings. The number of thiazole rings is 1. The van der Waals surface area contributed by atoms with Gasteiger partial charge < -0.3 is 29.4 Å². The molecule has 0 bridgehead atoms. The van der Waals surface area contributed by atoms with Crippen molar-refractivity contribution in [3.05, 3.63) is 11.1 Å². The lowest BCUT2D eigenvalue weighted by Crippen LogP contribution is -2.49. The van der Waals surface area contributed by atoms with Gasteiger partial charge in [-0.25, -0.2) is 9.78 Å². The van der Waals surface area contributed by atoms with Crippen molar-refractivity contribution in [1.82, 2.24) is 15.6 Å². The number of anilines is 1. The van der Waals surface area contributed by atoms with Crippen molar-refractivity contribution in [2.24, 2.45) is 5.92 Å². The number of nitrogens with one attached hydrogen (secondary N) is 2. The Morgan fingerprint density at radius 2 is 1.84 bits per heavy atom.